The summed E-state index contributed by atoms with van der Waals surface area (Å²) in [5.41, 5.74) is 4.84. The molecule has 0 radical (unpaired) electrons. The van der Waals surface area contributed by atoms with Gasteiger partial charge in [-0.05, 0) is 81.4 Å². The number of aryl methyl sites for hydroxylation is 1. The van der Waals surface area contributed by atoms with Crippen molar-refractivity contribution in [1.82, 2.24) is 9.80 Å². The highest BCUT2D eigenvalue weighted by atomic mass is 16.4. The summed E-state index contributed by atoms with van der Waals surface area (Å²) in [6.45, 7) is 3.80. The molecule has 9 heteroatoms. The van der Waals surface area contributed by atoms with E-state index in [-0.39, 0.29) is 29.4 Å². The standard InChI is InChI=1S/C34H38N4O5/c1-22-18-27-28(19-26(22)33(42)43)37(4)32(41)29(27)30(23-8-6-5-7-9-23)35-25-12-10-24(11-13-25)31(40)38-16-14-34(21-39,15-17-38)20-36(2)3/h5-13,18-19,35,39H,14-17,20-21H2,1-4H3,(H,42,43). The van der Waals surface area contributed by atoms with Crippen LogP contribution in [0.3, 0.4) is 0 Å². The van der Waals surface area contributed by atoms with E-state index < -0.39 is 5.97 Å². The number of carbonyl (C=O) groups excluding carboxylic acids is 2. The number of hydrogen-bond donors (Lipinski definition) is 3. The van der Waals surface area contributed by atoms with Crippen molar-refractivity contribution in [3.8, 4) is 0 Å². The number of hydrogen-bond acceptors (Lipinski definition) is 6. The molecule has 3 N–H and O–H groups in total. The molecule has 5 rings (SSSR count). The minimum Gasteiger partial charge on any atom is -0.478 e. The third-order valence-corrected chi connectivity index (χ3v) is 8.53. The summed E-state index contributed by atoms with van der Waals surface area (Å²) >= 11 is 0. The van der Waals surface area contributed by atoms with E-state index in [1.807, 2.05) is 61.5 Å². The lowest BCUT2D eigenvalue weighted by Gasteiger charge is -2.42. The van der Waals surface area contributed by atoms with E-state index in [1.165, 1.54) is 4.90 Å². The molecule has 0 spiro atoms. The van der Waals surface area contributed by atoms with Crippen LogP contribution in [0.15, 0.2) is 66.7 Å². The van der Waals surface area contributed by atoms with E-state index in [1.54, 1.807) is 38.2 Å². The van der Waals surface area contributed by atoms with E-state index in [4.69, 9.17) is 0 Å². The fourth-order valence-corrected chi connectivity index (χ4v) is 6.17. The highest BCUT2D eigenvalue weighted by Gasteiger charge is 2.37. The zero-order valence-corrected chi connectivity index (χ0v) is 25.1. The second-order valence-electron chi connectivity index (χ2n) is 11.9. The number of carboxylic acid groups (broad SMARTS) is 1. The lowest BCUT2D eigenvalue weighted by atomic mass is 9.78. The number of rotatable bonds is 8. The summed E-state index contributed by atoms with van der Waals surface area (Å²) in [4.78, 5) is 44.1. The van der Waals surface area contributed by atoms with Crippen LogP contribution in [0, 0.1) is 12.3 Å². The highest BCUT2D eigenvalue weighted by molar-refractivity contribution is 6.38. The second kappa shape index (κ2) is 12.0. The maximum Gasteiger partial charge on any atom is 0.336 e. The molecule has 0 bridgehead atoms. The lowest BCUT2D eigenvalue weighted by Crippen LogP contribution is -2.48. The van der Waals surface area contributed by atoms with Gasteiger partial charge < -0.3 is 30.2 Å². The molecule has 0 saturated carbocycles. The van der Waals surface area contributed by atoms with Crippen molar-refractivity contribution in [3.63, 3.8) is 0 Å². The molecule has 1 saturated heterocycles. The molecule has 0 atom stereocenters. The van der Waals surface area contributed by atoms with Crippen LogP contribution in [0.1, 0.15) is 50.2 Å². The quantitative estimate of drug-likeness (QED) is 0.337. The highest BCUT2D eigenvalue weighted by Crippen LogP contribution is 2.42. The number of nitrogens with zero attached hydrogens (tertiary/aromatic N) is 3. The average molecular weight is 583 g/mol. The van der Waals surface area contributed by atoms with Crippen molar-refractivity contribution in [1.29, 1.82) is 0 Å². The van der Waals surface area contributed by atoms with Gasteiger partial charge in [0.15, 0.2) is 0 Å². The van der Waals surface area contributed by atoms with Gasteiger partial charge in [0, 0.05) is 48.9 Å². The Morgan fingerprint density at radius 3 is 2.21 bits per heavy atom. The Kier molecular flexibility index (Phi) is 8.39. The van der Waals surface area contributed by atoms with Gasteiger partial charge in [0.25, 0.3) is 11.8 Å². The number of aromatic carboxylic acids is 1. The zero-order valence-electron chi connectivity index (χ0n) is 25.1. The smallest absolute Gasteiger partial charge is 0.336 e. The summed E-state index contributed by atoms with van der Waals surface area (Å²) in [5, 5.41) is 23.1. The number of likely N-dealkylation sites (N-methyl/N-ethyl adjacent to an activating group) is 1. The Labute approximate surface area is 252 Å². The van der Waals surface area contributed by atoms with Gasteiger partial charge in [-0.2, -0.15) is 0 Å². The van der Waals surface area contributed by atoms with E-state index >= 15 is 0 Å². The Bertz CT molecular complexity index is 1570. The molecule has 0 aliphatic carbocycles. The zero-order chi connectivity index (χ0) is 30.9. The van der Waals surface area contributed by atoms with Crippen LogP contribution in [0.2, 0.25) is 0 Å². The van der Waals surface area contributed by atoms with Crippen molar-refractivity contribution in [2.45, 2.75) is 19.8 Å². The van der Waals surface area contributed by atoms with Gasteiger partial charge in [-0.3, -0.25) is 9.59 Å². The number of piperidine rings is 1. The Hall–Kier alpha value is -4.47. The molecule has 0 unspecified atom stereocenters. The van der Waals surface area contributed by atoms with Crippen LogP contribution in [0.4, 0.5) is 11.4 Å². The number of likely N-dealkylation sites (tertiary alicyclic amines) is 1. The van der Waals surface area contributed by atoms with Crippen LogP contribution >= 0.6 is 0 Å². The first-order valence-electron chi connectivity index (χ1n) is 14.4. The number of benzene rings is 3. The Morgan fingerprint density at radius 1 is 0.977 bits per heavy atom. The lowest BCUT2D eigenvalue weighted by molar-refractivity contribution is -0.112. The first-order chi connectivity index (χ1) is 20.5. The van der Waals surface area contributed by atoms with Gasteiger partial charge in [-0.15, -0.1) is 0 Å². The van der Waals surface area contributed by atoms with Gasteiger partial charge in [0.2, 0.25) is 0 Å². The van der Waals surface area contributed by atoms with Crippen molar-refractivity contribution < 1.29 is 24.6 Å². The predicted molar refractivity (Wildman–Crippen MR) is 168 cm³/mol. The molecular weight excluding hydrogens is 544 g/mol. The van der Waals surface area contributed by atoms with Crippen LogP contribution < -0.4 is 10.2 Å². The Morgan fingerprint density at radius 2 is 1.63 bits per heavy atom. The topological polar surface area (TPSA) is 113 Å². The van der Waals surface area contributed by atoms with Crippen LogP contribution in [-0.4, -0.2) is 85.2 Å². The minimum atomic E-state index is -1.04. The normalized spacial score (nSPS) is 17.2. The predicted octanol–water partition coefficient (Wildman–Crippen LogP) is 4.43. The monoisotopic (exact) mass is 582 g/mol. The minimum absolute atomic E-state index is 0.0455. The number of anilines is 2. The molecule has 2 heterocycles. The fourth-order valence-electron chi connectivity index (χ4n) is 6.17. The van der Waals surface area contributed by atoms with Crippen molar-refractivity contribution in [2.24, 2.45) is 5.41 Å². The third kappa shape index (κ3) is 5.91. The molecule has 2 aliphatic rings. The average Bonchev–Trinajstić information content (AvgIpc) is 3.23. The second-order valence-corrected chi connectivity index (χ2v) is 11.9. The van der Waals surface area contributed by atoms with Gasteiger partial charge in [0.1, 0.15) is 0 Å². The van der Waals surface area contributed by atoms with Crippen LogP contribution in [0.5, 0.6) is 0 Å². The number of aliphatic hydroxyl groups is 1. The molecule has 0 aromatic heterocycles. The number of fused-ring (bicyclic) bond motifs is 1. The molecule has 1 fully saturated rings. The maximum absolute atomic E-state index is 13.6. The summed E-state index contributed by atoms with van der Waals surface area (Å²) in [6.07, 6.45) is 1.50. The van der Waals surface area contributed by atoms with Crippen molar-refractivity contribution >= 4 is 40.4 Å². The van der Waals surface area contributed by atoms with Crippen molar-refractivity contribution in [3.05, 3.63) is 94.5 Å². The van der Waals surface area contributed by atoms with Gasteiger partial charge in [-0.25, -0.2) is 4.79 Å². The van der Waals surface area contributed by atoms with Crippen molar-refractivity contribution in [2.75, 3.05) is 57.6 Å². The summed E-state index contributed by atoms with van der Waals surface area (Å²) in [5.74, 6) is -1.33. The number of carboxylic acids is 1. The third-order valence-electron chi connectivity index (χ3n) is 8.53. The number of amides is 2. The van der Waals surface area contributed by atoms with Crippen LogP contribution in [0.25, 0.3) is 11.3 Å². The van der Waals surface area contributed by atoms with Crippen LogP contribution in [-0.2, 0) is 4.79 Å². The molecule has 3 aromatic carbocycles. The molecule has 224 valence electrons. The fraction of sp³-hybridized carbons (Fsp3) is 0.324. The summed E-state index contributed by atoms with van der Waals surface area (Å²) < 4.78 is 0. The summed E-state index contributed by atoms with van der Waals surface area (Å²) in [6, 6.07) is 20.0. The molecule has 43 heavy (non-hydrogen) atoms. The van der Waals surface area contributed by atoms with Gasteiger partial charge in [0.05, 0.1) is 29.1 Å². The number of nitrogens with one attached hydrogen (secondary N) is 1. The van der Waals surface area contributed by atoms with E-state index in [0.717, 1.165) is 24.9 Å². The van der Waals surface area contributed by atoms with E-state index in [0.29, 0.717) is 52.4 Å². The SMILES string of the molecule is Cc1cc2c(cc1C(=O)O)N(C)C(=O)C2=C(Nc1ccc(C(=O)N2CCC(CO)(CN(C)C)CC2)cc1)c1ccccc1. The van der Waals surface area contributed by atoms with E-state index in [2.05, 4.69) is 10.2 Å². The molecule has 2 aliphatic heterocycles. The maximum atomic E-state index is 13.6. The first-order valence-corrected chi connectivity index (χ1v) is 14.4. The largest absolute Gasteiger partial charge is 0.478 e. The first kappa shape index (κ1) is 30.0. The molecule has 9 nitrogen and oxygen atoms in total. The van der Waals surface area contributed by atoms with Gasteiger partial charge >= 0.3 is 5.97 Å². The van der Waals surface area contributed by atoms with E-state index in [9.17, 15) is 24.6 Å². The number of carbonyl (C=O) groups is 3. The summed E-state index contributed by atoms with van der Waals surface area (Å²) in [7, 11) is 5.64. The molecule has 3 aromatic rings. The number of aliphatic hydroxyl groups excluding tert-OH is 1. The Balaban J connectivity index is 1.43. The molecule has 2 amide bonds. The van der Waals surface area contributed by atoms with Gasteiger partial charge in [-0.1, -0.05) is 30.3 Å². The molecular formula is C34H38N4O5.